The zero-order chi connectivity index (χ0) is 16.8. The van der Waals surface area contributed by atoms with Crippen LogP contribution in [-0.4, -0.2) is 13.0 Å². The summed E-state index contributed by atoms with van der Waals surface area (Å²) in [6.45, 7) is 1.93. The number of methoxy groups -OCH3 is 1. The molecule has 23 heavy (non-hydrogen) atoms. The smallest absolute Gasteiger partial charge is 0.220 e. The molecule has 0 saturated heterocycles. The van der Waals surface area contributed by atoms with E-state index < -0.39 is 0 Å². The lowest BCUT2D eigenvalue weighted by molar-refractivity contribution is -0.121. The molecule has 0 saturated carbocycles. The molecule has 3 nitrogen and oxygen atoms in total. The van der Waals surface area contributed by atoms with Gasteiger partial charge in [0.2, 0.25) is 5.91 Å². The van der Waals surface area contributed by atoms with E-state index >= 15 is 0 Å². The molecule has 1 amide bonds. The van der Waals surface area contributed by atoms with Crippen LogP contribution in [0.3, 0.4) is 0 Å². The molecular formula is C18H19Cl2NO2. The predicted molar refractivity (Wildman–Crippen MR) is 94.3 cm³/mol. The van der Waals surface area contributed by atoms with E-state index in [4.69, 9.17) is 27.9 Å². The van der Waals surface area contributed by atoms with Crippen molar-refractivity contribution < 1.29 is 9.53 Å². The Morgan fingerprint density at radius 2 is 1.78 bits per heavy atom. The van der Waals surface area contributed by atoms with E-state index in [-0.39, 0.29) is 11.9 Å². The van der Waals surface area contributed by atoms with Crippen LogP contribution in [0, 0.1) is 0 Å². The summed E-state index contributed by atoms with van der Waals surface area (Å²) < 4.78 is 5.32. The molecule has 0 fully saturated rings. The van der Waals surface area contributed by atoms with E-state index in [1.54, 1.807) is 25.3 Å². The molecule has 0 radical (unpaired) electrons. The predicted octanol–water partition coefficient (Wildman–Crippen LogP) is 4.81. The van der Waals surface area contributed by atoms with Crippen LogP contribution in [0.25, 0.3) is 0 Å². The number of rotatable bonds is 6. The van der Waals surface area contributed by atoms with E-state index in [1.165, 1.54) is 0 Å². The second-order valence-corrected chi connectivity index (χ2v) is 6.05. The molecule has 5 heteroatoms. The summed E-state index contributed by atoms with van der Waals surface area (Å²) in [5, 5.41) is 4.15. The number of nitrogens with one attached hydrogen (secondary N) is 1. The third kappa shape index (κ3) is 4.63. The van der Waals surface area contributed by atoms with Gasteiger partial charge in [-0.3, -0.25) is 4.79 Å². The van der Waals surface area contributed by atoms with Gasteiger partial charge in [0.15, 0.2) is 0 Å². The fraction of sp³-hybridized carbons (Fsp3) is 0.278. The highest BCUT2D eigenvalue weighted by molar-refractivity contribution is 6.36. The molecule has 2 rings (SSSR count). The third-order valence-corrected chi connectivity index (χ3v) is 4.35. The first-order valence-corrected chi connectivity index (χ1v) is 8.13. The lowest BCUT2D eigenvalue weighted by atomic mass is 10.1. The number of ether oxygens (including phenoxy) is 1. The van der Waals surface area contributed by atoms with Gasteiger partial charge in [-0.25, -0.2) is 0 Å². The Kier molecular flexibility index (Phi) is 6.31. The van der Waals surface area contributed by atoms with Gasteiger partial charge in [-0.1, -0.05) is 47.5 Å². The highest BCUT2D eigenvalue weighted by Gasteiger charge is 2.14. The summed E-state index contributed by atoms with van der Waals surface area (Å²) in [6, 6.07) is 12.8. The molecule has 2 aromatic carbocycles. The standard InChI is InChI=1S/C18H19Cl2NO2/c1-12(13-6-3-4-9-17(13)23-2)21-18(22)11-10-14-15(19)7-5-8-16(14)20/h3-9,12H,10-11H2,1-2H3,(H,21,22)/t12-/m1/s1. The first-order valence-electron chi connectivity index (χ1n) is 7.38. The van der Waals surface area contributed by atoms with Crippen molar-refractivity contribution >= 4 is 29.1 Å². The van der Waals surface area contributed by atoms with Crippen molar-refractivity contribution in [2.45, 2.75) is 25.8 Å². The number of halogens is 2. The fourth-order valence-electron chi connectivity index (χ4n) is 2.43. The van der Waals surface area contributed by atoms with Crippen molar-refractivity contribution in [2.24, 2.45) is 0 Å². The maximum Gasteiger partial charge on any atom is 0.220 e. The van der Waals surface area contributed by atoms with Gasteiger partial charge < -0.3 is 10.1 Å². The molecule has 0 bridgehead atoms. The summed E-state index contributed by atoms with van der Waals surface area (Å²) >= 11 is 12.2. The SMILES string of the molecule is COc1ccccc1[C@@H](C)NC(=O)CCc1c(Cl)cccc1Cl. The normalized spacial score (nSPS) is 11.8. The van der Waals surface area contributed by atoms with Crippen molar-refractivity contribution in [3.8, 4) is 5.75 Å². The van der Waals surface area contributed by atoms with E-state index in [2.05, 4.69) is 5.32 Å². The maximum atomic E-state index is 12.2. The Morgan fingerprint density at radius 3 is 2.43 bits per heavy atom. The molecule has 1 N–H and O–H groups in total. The van der Waals surface area contributed by atoms with Crippen LogP contribution in [0.1, 0.15) is 30.5 Å². The van der Waals surface area contributed by atoms with E-state index in [0.29, 0.717) is 22.9 Å². The molecule has 122 valence electrons. The first kappa shape index (κ1) is 17.6. The molecule has 0 aliphatic heterocycles. The van der Waals surface area contributed by atoms with Crippen LogP contribution in [-0.2, 0) is 11.2 Å². The van der Waals surface area contributed by atoms with Crippen LogP contribution in [0.2, 0.25) is 10.0 Å². The lowest BCUT2D eigenvalue weighted by Gasteiger charge is -2.17. The molecule has 0 spiro atoms. The second-order valence-electron chi connectivity index (χ2n) is 5.23. The summed E-state index contributed by atoms with van der Waals surface area (Å²) in [7, 11) is 1.62. The average molecular weight is 352 g/mol. The highest BCUT2D eigenvalue weighted by atomic mass is 35.5. The minimum Gasteiger partial charge on any atom is -0.496 e. The van der Waals surface area contributed by atoms with Crippen LogP contribution in [0.5, 0.6) is 5.75 Å². The van der Waals surface area contributed by atoms with Crippen molar-refractivity contribution in [1.82, 2.24) is 5.32 Å². The summed E-state index contributed by atoms with van der Waals surface area (Å²) in [5.74, 6) is 0.703. The monoisotopic (exact) mass is 351 g/mol. The maximum absolute atomic E-state index is 12.2. The zero-order valence-corrected chi connectivity index (χ0v) is 14.6. The van der Waals surface area contributed by atoms with Gasteiger partial charge in [0.25, 0.3) is 0 Å². The number of carbonyl (C=O) groups excluding carboxylic acids is 1. The van der Waals surface area contributed by atoms with Crippen molar-refractivity contribution in [3.05, 3.63) is 63.6 Å². The molecule has 0 aliphatic carbocycles. The summed E-state index contributed by atoms with van der Waals surface area (Å²) in [6.07, 6.45) is 0.825. The number of hydrogen-bond acceptors (Lipinski definition) is 2. The number of hydrogen-bond donors (Lipinski definition) is 1. The molecule has 0 unspecified atom stereocenters. The Morgan fingerprint density at radius 1 is 1.13 bits per heavy atom. The number of para-hydroxylation sites is 1. The van der Waals surface area contributed by atoms with E-state index in [1.807, 2.05) is 31.2 Å². The number of benzene rings is 2. The summed E-state index contributed by atoms with van der Waals surface area (Å²) in [4.78, 5) is 12.2. The minimum absolute atomic E-state index is 0.0561. The molecule has 0 aromatic heterocycles. The molecule has 0 heterocycles. The van der Waals surface area contributed by atoms with Gasteiger partial charge >= 0.3 is 0 Å². The zero-order valence-electron chi connectivity index (χ0n) is 13.1. The fourth-order valence-corrected chi connectivity index (χ4v) is 3.01. The quantitative estimate of drug-likeness (QED) is 0.810. The largest absolute Gasteiger partial charge is 0.496 e. The number of amides is 1. The Hall–Kier alpha value is -1.71. The molecule has 0 aliphatic rings. The third-order valence-electron chi connectivity index (χ3n) is 3.65. The van der Waals surface area contributed by atoms with Crippen molar-refractivity contribution in [1.29, 1.82) is 0 Å². The van der Waals surface area contributed by atoms with Crippen LogP contribution >= 0.6 is 23.2 Å². The van der Waals surface area contributed by atoms with Gasteiger partial charge in [-0.2, -0.15) is 0 Å². The van der Waals surface area contributed by atoms with Crippen molar-refractivity contribution in [3.63, 3.8) is 0 Å². The Bertz CT molecular complexity index is 668. The first-order chi connectivity index (χ1) is 11.0. The van der Waals surface area contributed by atoms with Crippen molar-refractivity contribution in [2.75, 3.05) is 7.11 Å². The van der Waals surface area contributed by atoms with E-state index in [9.17, 15) is 4.79 Å². The second kappa shape index (κ2) is 8.23. The lowest BCUT2D eigenvalue weighted by Crippen LogP contribution is -2.27. The van der Waals surface area contributed by atoms with Crippen LogP contribution in [0.4, 0.5) is 0 Å². The Labute approximate surface area is 146 Å². The Balaban J connectivity index is 1.97. The van der Waals surface area contributed by atoms with Gasteiger partial charge in [0, 0.05) is 22.0 Å². The highest BCUT2D eigenvalue weighted by Crippen LogP contribution is 2.26. The minimum atomic E-state index is -0.139. The average Bonchev–Trinajstić information content (AvgIpc) is 2.54. The molecule has 1 atom stereocenters. The van der Waals surface area contributed by atoms with Gasteiger partial charge in [-0.15, -0.1) is 0 Å². The van der Waals surface area contributed by atoms with Crippen LogP contribution in [0.15, 0.2) is 42.5 Å². The molecule has 2 aromatic rings. The van der Waals surface area contributed by atoms with Gasteiger partial charge in [-0.05, 0) is 37.1 Å². The summed E-state index contributed by atoms with van der Waals surface area (Å²) in [5.41, 5.74) is 1.75. The number of carbonyl (C=O) groups is 1. The van der Waals surface area contributed by atoms with Crippen LogP contribution < -0.4 is 10.1 Å². The van der Waals surface area contributed by atoms with Gasteiger partial charge in [0.1, 0.15) is 5.75 Å². The van der Waals surface area contributed by atoms with E-state index in [0.717, 1.165) is 16.9 Å². The van der Waals surface area contributed by atoms with Gasteiger partial charge in [0.05, 0.1) is 13.2 Å². The topological polar surface area (TPSA) is 38.3 Å². The molecular weight excluding hydrogens is 333 g/mol.